The number of hydrogen-bond donors (Lipinski definition) is 0. The highest BCUT2D eigenvalue weighted by Crippen LogP contribution is 2.26. The van der Waals surface area contributed by atoms with Gasteiger partial charge in [0.1, 0.15) is 6.04 Å². The number of halogens is 1. The minimum Gasteiger partial charge on any atom is -0.465 e. The first-order valence-electron chi connectivity index (χ1n) is 7.57. The Morgan fingerprint density at radius 3 is 2.48 bits per heavy atom. The maximum absolute atomic E-state index is 12.0. The Morgan fingerprint density at radius 1 is 1.24 bits per heavy atom. The fourth-order valence-electron chi connectivity index (χ4n) is 2.80. The van der Waals surface area contributed by atoms with Crippen LogP contribution in [0.5, 0.6) is 0 Å². The number of benzene rings is 1. The predicted octanol–water partition coefficient (Wildman–Crippen LogP) is 2.80. The van der Waals surface area contributed by atoms with Crippen molar-refractivity contribution < 1.29 is 9.53 Å². The molecule has 21 heavy (non-hydrogen) atoms. The number of piperazine rings is 1. The molecule has 1 aromatic carbocycles. The van der Waals surface area contributed by atoms with Crippen LogP contribution >= 0.6 is 11.6 Å². The van der Waals surface area contributed by atoms with E-state index >= 15 is 0 Å². The zero-order valence-corrected chi connectivity index (χ0v) is 13.5. The van der Waals surface area contributed by atoms with Crippen LogP contribution in [0.1, 0.15) is 20.3 Å². The van der Waals surface area contributed by atoms with Gasteiger partial charge in [-0.25, -0.2) is 0 Å². The molecule has 0 spiro atoms. The largest absolute Gasteiger partial charge is 0.465 e. The van der Waals surface area contributed by atoms with Gasteiger partial charge in [-0.3, -0.25) is 9.69 Å². The molecule has 0 saturated carbocycles. The molecule has 0 N–H and O–H groups in total. The Balaban J connectivity index is 1.96. The van der Waals surface area contributed by atoms with Crippen molar-refractivity contribution in [2.45, 2.75) is 26.3 Å². The van der Waals surface area contributed by atoms with Crippen LogP contribution in [0.15, 0.2) is 24.3 Å². The number of para-hydroxylation sites is 1. The summed E-state index contributed by atoms with van der Waals surface area (Å²) in [5.74, 6) is -0.105. The lowest BCUT2D eigenvalue weighted by Crippen LogP contribution is -2.53. The summed E-state index contributed by atoms with van der Waals surface area (Å²) in [5.41, 5.74) is 1.07. The second-order valence-electron chi connectivity index (χ2n) is 5.15. The van der Waals surface area contributed by atoms with E-state index in [1.807, 2.05) is 38.1 Å². The molecule has 1 unspecified atom stereocenters. The monoisotopic (exact) mass is 310 g/mol. The topological polar surface area (TPSA) is 32.8 Å². The first kappa shape index (κ1) is 16.1. The molecule has 2 rings (SSSR count). The number of carbonyl (C=O) groups excluding carboxylic acids is 1. The van der Waals surface area contributed by atoms with Gasteiger partial charge in [-0.15, -0.1) is 0 Å². The van der Waals surface area contributed by atoms with E-state index in [9.17, 15) is 4.79 Å². The van der Waals surface area contributed by atoms with Crippen LogP contribution in [0.2, 0.25) is 5.02 Å². The fourth-order valence-corrected chi connectivity index (χ4v) is 3.05. The maximum Gasteiger partial charge on any atom is 0.323 e. The van der Waals surface area contributed by atoms with E-state index in [4.69, 9.17) is 16.3 Å². The summed E-state index contributed by atoms with van der Waals surface area (Å²) < 4.78 is 5.16. The minimum atomic E-state index is -0.127. The highest BCUT2D eigenvalue weighted by Gasteiger charge is 2.29. The van der Waals surface area contributed by atoms with E-state index < -0.39 is 0 Å². The van der Waals surface area contributed by atoms with Gasteiger partial charge in [-0.05, 0) is 25.5 Å². The van der Waals surface area contributed by atoms with Gasteiger partial charge in [0.25, 0.3) is 0 Å². The van der Waals surface area contributed by atoms with Crippen molar-refractivity contribution in [2.75, 3.05) is 37.7 Å². The maximum atomic E-state index is 12.0. The lowest BCUT2D eigenvalue weighted by molar-refractivity contribution is -0.149. The molecule has 0 amide bonds. The number of esters is 1. The molecule has 0 bridgehead atoms. The van der Waals surface area contributed by atoms with Crippen molar-refractivity contribution in [1.29, 1.82) is 0 Å². The van der Waals surface area contributed by atoms with E-state index in [1.54, 1.807) is 0 Å². The van der Waals surface area contributed by atoms with E-state index in [-0.39, 0.29) is 12.0 Å². The summed E-state index contributed by atoms with van der Waals surface area (Å²) in [4.78, 5) is 16.5. The zero-order valence-electron chi connectivity index (χ0n) is 12.7. The summed E-state index contributed by atoms with van der Waals surface area (Å²) in [6.07, 6.45) is 0.783. The summed E-state index contributed by atoms with van der Waals surface area (Å²) in [5, 5.41) is 0.781. The third-order valence-corrected chi connectivity index (χ3v) is 4.21. The van der Waals surface area contributed by atoms with Gasteiger partial charge in [-0.2, -0.15) is 0 Å². The fraction of sp³-hybridized carbons (Fsp3) is 0.562. The Hall–Kier alpha value is -1.26. The van der Waals surface area contributed by atoms with Crippen molar-refractivity contribution in [3.63, 3.8) is 0 Å². The molecule has 0 aliphatic carbocycles. The van der Waals surface area contributed by atoms with Gasteiger partial charge in [0.2, 0.25) is 0 Å². The standard InChI is InChI=1S/C16H23ClN2O2/c1-3-14(16(20)21-4-2)18-9-11-19(12-10-18)15-8-6-5-7-13(15)17/h5-8,14H,3-4,9-12H2,1-2H3. The lowest BCUT2D eigenvalue weighted by Gasteiger charge is -2.39. The van der Waals surface area contributed by atoms with Crippen LogP contribution in [0, 0.1) is 0 Å². The van der Waals surface area contributed by atoms with Gasteiger partial charge < -0.3 is 9.64 Å². The average Bonchev–Trinajstić information content (AvgIpc) is 2.50. The predicted molar refractivity (Wildman–Crippen MR) is 86.0 cm³/mol. The van der Waals surface area contributed by atoms with Crippen LogP contribution in [0.25, 0.3) is 0 Å². The van der Waals surface area contributed by atoms with Gasteiger partial charge >= 0.3 is 5.97 Å². The zero-order chi connectivity index (χ0) is 15.2. The number of hydrogen-bond acceptors (Lipinski definition) is 4. The van der Waals surface area contributed by atoms with Crippen LogP contribution < -0.4 is 4.90 Å². The van der Waals surface area contributed by atoms with Crippen LogP contribution in [0.3, 0.4) is 0 Å². The minimum absolute atomic E-state index is 0.105. The quantitative estimate of drug-likeness (QED) is 0.783. The number of rotatable bonds is 5. The molecule has 0 radical (unpaired) electrons. The van der Waals surface area contributed by atoms with Gasteiger partial charge in [0, 0.05) is 26.2 Å². The highest BCUT2D eigenvalue weighted by atomic mass is 35.5. The summed E-state index contributed by atoms with van der Waals surface area (Å²) in [6, 6.07) is 7.77. The summed E-state index contributed by atoms with van der Waals surface area (Å²) >= 11 is 6.25. The molecule has 1 atom stereocenters. The van der Waals surface area contributed by atoms with Gasteiger partial charge in [0.05, 0.1) is 17.3 Å². The molecular weight excluding hydrogens is 288 g/mol. The number of nitrogens with zero attached hydrogens (tertiary/aromatic N) is 2. The van der Waals surface area contributed by atoms with Crippen molar-refractivity contribution in [3.05, 3.63) is 29.3 Å². The molecule has 1 aromatic rings. The van der Waals surface area contributed by atoms with Crippen molar-refractivity contribution in [3.8, 4) is 0 Å². The van der Waals surface area contributed by atoms with Crippen LogP contribution in [0.4, 0.5) is 5.69 Å². The molecule has 1 aliphatic heterocycles. The first-order chi connectivity index (χ1) is 10.2. The molecule has 1 fully saturated rings. The van der Waals surface area contributed by atoms with E-state index in [0.29, 0.717) is 6.61 Å². The Morgan fingerprint density at radius 2 is 1.90 bits per heavy atom. The summed E-state index contributed by atoms with van der Waals surface area (Å²) in [7, 11) is 0. The number of ether oxygens (including phenoxy) is 1. The molecule has 5 heteroatoms. The molecule has 116 valence electrons. The van der Waals surface area contributed by atoms with E-state index in [0.717, 1.165) is 43.3 Å². The van der Waals surface area contributed by atoms with Gasteiger partial charge in [0.15, 0.2) is 0 Å². The third kappa shape index (κ3) is 3.89. The van der Waals surface area contributed by atoms with Crippen molar-refractivity contribution in [1.82, 2.24) is 4.90 Å². The molecule has 1 saturated heterocycles. The number of carbonyl (C=O) groups is 1. The second-order valence-corrected chi connectivity index (χ2v) is 5.56. The summed E-state index contributed by atoms with van der Waals surface area (Å²) in [6.45, 7) is 7.77. The third-order valence-electron chi connectivity index (χ3n) is 3.89. The van der Waals surface area contributed by atoms with Crippen molar-refractivity contribution >= 4 is 23.3 Å². The van der Waals surface area contributed by atoms with Crippen LogP contribution in [-0.2, 0) is 9.53 Å². The first-order valence-corrected chi connectivity index (χ1v) is 7.95. The Kier molecular flexibility index (Phi) is 5.88. The van der Waals surface area contributed by atoms with Crippen LogP contribution in [-0.4, -0.2) is 49.7 Å². The molecule has 0 aromatic heterocycles. The average molecular weight is 311 g/mol. The second kappa shape index (κ2) is 7.66. The molecule has 4 nitrogen and oxygen atoms in total. The molecule has 1 heterocycles. The van der Waals surface area contributed by atoms with Gasteiger partial charge in [-0.1, -0.05) is 30.7 Å². The normalized spacial score (nSPS) is 17.6. The highest BCUT2D eigenvalue weighted by molar-refractivity contribution is 6.33. The van der Waals surface area contributed by atoms with Crippen molar-refractivity contribution in [2.24, 2.45) is 0 Å². The SMILES string of the molecule is CCOC(=O)C(CC)N1CCN(c2ccccc2Cl)CC1. The Labute approximate surface area is 131 Å². The lowest BCUT2D eigenvalue weighted by atomic mass is 10.1. The number of anilines is 1. The smallest absolute Gasteiger partial charge is 0.323 e. The van der Waals surface area contributed by atoms with E-state index in [1.165, 1.54) is 0 Å². The molecule has 1 aliphatic rings. The Bertz CT molecular complexity index is 473. The van der Waals surface area contributed by atoms with E-state index in [2.05, 4.69) is 9.80 Å². The molecular formula is C16H23ClN2O2.